The number of anilines is 6. The number of hydrogen-bond donors (Lipinski definition) is 2. The van der Waals surface area contributed by atoms with Crippen LogP contribution >= 0.6 is 0 Å². The van der Waals surface area contributed by atoms with Gasteiger partial charge in [-0.3, -0.25) is 0 Å². The van der Waals surface area contributed by atoms with Crippen LogP contribution in [0.1, 0.15) is 78.4 Å². The molecule has 6 aromatic rings. The number of hydrogen-bond acceptors (Lipinski definition) is 12. The molecule has 0 radical (unpaired) electrons. The van der Waals surface area contributed by atoms with Crippen molar-refractivity contribution in [2.24, 2.45) is 0 Å². The molecule has 0 aromatic heterocycles. The molecule has 6 aromatic carbocycles. The molecule has 0 aliphatic rings. The lowest BCUT2D eigenvalue weighted by Gasteiger charge is -2.28. The van der Waals surface area contributed by atoms with Gasteiger partial charge in [0.15, 0.2) is 0 Å². The van der Waals surface area contributed by atoms with Crippen LogP contribution in [0.3, 0.4) is 0 Å². The van der Waals surface area contributed by atoms with Crippen molar-refractivity contribution in [3.05, 3.63) is 169 Å². The van der Waals surface area contributed by atoms with Gasteiger partial charge in [-0.15, -0.1) is 0 Å². The summed E-state index contributed by atoms with van der Waals surface area (Å²) in [4.78, 5) is 29.4. The number of ether oxygens (including phenoxy) is 2. The first-order valence-electron chi connectivity index (χ1n) is 27.9. The topological polar surface area (TPSA) is 139 Å². The first-order chi connectivity index (χ1) is 38.2. The van der Waals surface area contributed by atoms with E-state index >= 15 is 0 Å². The van der Waals surface area contributed by atoms with E-state index in [9.17, 15) is 9.59 Å². The van der Waals surface area contributed by atoms with E-state index < -0.39 is 29.8 Å². The number of carbonyl (C=O) groups excluding carboxylic acids is 2. The van der Waals surface area contributed by atoms with Gasteiger partial charge in [-0.2, -0.15) is 0 Å². The maximum Gasteiger partial charge on any atom is 0.500 e. The summed E-state index contributed by atoms with van der Waals surface area (Å²) in [6.07, 6.45) is 3.47. The van der Waals surface area contributed by atoms with Crippen LogP contribution in [0.15, 0.2) is 158 Å². The molecule has 0 heterocycles. The molecule has 2 amide bonds. The van der Waals surface area contributed by atoms with Gasteiger partial charge < -0.3 is 56.5 Å². The summed E-state index contributed by atoms with van der Waals surface area (Å²) >= 11 is 0. The van der Waals surface area contributed by atoms with Gasteiger partial charge in [-0.1, -0.05) is 84.9 Å². The summed E-state index contributed by atoms with van der Waals surface area (Å²) in [6.45, 7) is 16.3. The molecule has 14 nitrogen and oxygen atoms in total. The van der Waals surface area contributed by atoms with E-state index in [0.29, 0.717) is 104 Å². The fourth-order valence-corrected chi connectivity index (χ4v) is 14.5. The average Bonchev–Trinajstić information content (AvgIpc) is 3.46. The number of nitrogens with zero attached hydrogens (tertiary/aromatic N) is 2. The second-order valence-corrected chi connectivity index (χ2v) is 23.7. The molecule has 0 bridgehead atoms. The molecule has 0 aliphatic heterocycles. The largest absolute Gasteiger partial charge is 0.500 e. The Morgan fingerprint density at radius 3 is 0.949 bits per heavy atom. The molecule has 0 atom stereocenters. The molecular formula is C62H82N4O10Si2. The molecule has 0 saturated carbocycles. The molecule has 2 N–H and O–H groups in total. The Morgan fingerprint density at radius 2 is 0.654 bits per heavy atom. The lowest BCUT2D eigenvalue weighted by molar-refractivity contribution is 0.0699. The zero-order chi connectivity index (χ0) is 55.3. The SMILES string of the molecule is CCO[Si](CCCNC(=O)OCCCc1ccc(N(c2ccccc2)c2ccc(-c3ccc(N(c4ccccc4)c4ccc(CCCOC(=O)NCCC[Si](OCC)(OCC)OCC)cc4)cc3)cc2)cc1)(OCC)OCC. The molecule has 418 valence electrons. The summed E-state index contributed by atoms with van der Waals surface area (Å²) in [7, 11) is -5.49. The van der Waals surface area contributed by atoms with Crippen LogP contribution in [-0.4, -0.2) is 95.7 Å². The van der Waals surface area contributed by atoms with Crippen LogP contribution in [0.25, 0.3) is 11.1 Å². The van der Waals surface area contributed by atoms with E-state index in [2.05, 4.69) is 166 Å². The minimum absolute atomic E-state index is 0.322. The van der Waals surface area contributed by atoms with Crippen LogP contribution in [-0.2, 0) is 48.9 Å². The number of benzene rings is 6. The number of amides is 2. The summed E-state index contributed by atoms with van der Waals surface area (Å²) < 4.78 is 46.5. The van der Waals surface area contributed by atoms with Gasteiger partial charge in [0.05, 0.1) is 13.2 Å². The third-order valence-electron chi connectivity index (χ3n) is 12.7. The van der Waals surface area contributed by atoms with E-state index in [1.807, 2.05) is 53.7 Å². The van der Waals surface area contributed by atoms with E-state index in [4.69, 9.17) is 36.0 Å². The van der Waals surface area contributed by atoms with Gasteiger partial charge in [0.2, 0.25) is 0 Å². The van der Waals surface area contributed by atoms with E-state index in [1.165, 1.54) is 0 Å². The Hall–Kier alpha value is -6.35. The predicted molar refractivity (Wildman–Crippen MR) is 317 cm³/mol. The average molecular weight is 1100 g/mol. The van der Waals surface area contributed by atoms with Gasteiger partial charge in [-0.25, -0.2) is 9.59 Å². The molecule has 0 aliphatic carbocycles. The highest BCUT2D eigenvalue weighted by Crippen LogP contribution is 2.38. The van der Waals surface area contributed by atoms with Crippen LogP contribution in [0.5, 0.6) is 0 Å². The van der Waals surface area contributed by atoms with E-state index in [0.717, 1.165) is 69.2 Å². The molecule has 0 saturated heterocycles. The molecule has 0 unspecified atom stereocenters. The maximum atomic E-state index is 12.5. The smallest absolute Gasteiger partial charge is 0.450 e. The second kappa shape index (κ2) is 33.2. The first-order valence-corrected chi connectivity index (χ1v) is 31.8. The monoisotopic (exact) mass is 1100 g/mol. The number of carbonyl (C=O) groups is 2. The minimum atomic E-state index is -2.74. The molecule has 16 heteroatoms. The summed E-state index contributed by atoms with van der Waals surface area (Å²) in [6, 6.07) is 56.6. The number of alkyl carbamates (subject to hydrolysis) is 2. The Morgan fingerprint density at radius 1 is 0.372 bits per heavy atom. The van der Waals surface area contributed by atoms with Crippen LogP contribution in [0, 0.1) is 0 Å². The van der Waals surface area contributed by atoms with Crippen molar-refractivity contribution in [2.45, 2.75) is 92.2 Å². The fourth-order valence-electron chi connectivity index (χ4n) is 9.26. The Labute approximate surface area is 466 Å². The van der Waals surface area contributed by atoms with Gasteiger partial charge in [0.25, 0.3) is 0 Å². The Bertz CT molecular complexity index is 2400. The van der Waals surface area contributed by atoms with Crippen LogP contribution in [0.4, 0.5) is 43.7 Å². The zero-order valence-electron chi connectivity index (χ0n) is 46.7. The lowest BCUT2D eigenvalue weighted by Crippen LogP contribution is -2.46. The third kappa shape index (κ3) is 18.9. The predicted octanol–water partition coefficient (Wildman–Crippen LogP) is 14.5. The summed E-state index contributed by atoms with van der Waals surface area (Å²) in [5, 5.41) is 5.71. The van der Waals surface area contributed by atoms with Gasteiger partial charge >= 0.3 is 29.8 Å². The molecule has 0 spiro atoms. The Balaban J connectivity index is 1.01. The number of nitrogens with one attached hydrogen (secondary N) is 2. The van der Waals surface area contributed by atoms with Crippen LogP contribution in [0.2, 0.25) is 12.1 Å². The quantitative estimate of drug-likeness (QED) is 0.0289. The highest BCUT2D eigenvalue weighted by Gasteiger charge is 2.40. The Kier molecular flexibility index (Phi) is 25.9. The lowest BCUT2D eigenvalue weighted by atomic mass is 10.0. The van der Waals surface area contributed by atoms with E-state index in [1.54, 1.807) is 0 Å². The van der Waals surface area contributed by atoms with Gasteiger partial charge in [-0.05, 0) is 175 Å². The molecule has 0 fully saturated rings. The number of para-hydroxylation sites is 2. The summed E-state index contributed by atoms with van der Waals surface area (Å²) in [5.41, 5.74) is 10.8. The second-order valence-electron chi connectivity index (χ2n) is 18.3. The highest BCUT2D eigenvalue weighted by atomic mass is 28.4. The van der Waals surface area contributed by atoms with Crippen molar-refractivity contribution < 1.29 is 45.6 Å². The fraction of sp³-hybridized carbons (Fsp3) is 0.387. The van der Waals surface area contributed by atoms with Crippen molar-refractivity contribution in [2.75, 3.05) is 75.7 Å². The van der Waals surface area contributed by atoms with Crippen molar-refractivity contribution in [1.29, 1.82) is 0 Å². The van der Waals surface area contributed by atoms with Crippen molar-refractivity contribution in [1.82, 2.24) is 10.6 Å². The standard InChI is InChI=1S/C62H82N4O10Si2/c1-7-71-77(72-8-2,73-9-3)49-21-45-63-61(67)69-47-19-23-51-29-37-57(38-30-51)65(55-25-15-13-16-26-55)59-41-33-53(34-42-59)54-35-43-60(44-36-54)66(56-27-17-14-18-28-56)58-39-31-52(32-40-58)24-20-48-70-62(68)64-46-22-50-78(74-10-4,75-11-5)76-12-6/h13-18,25-44H,7-12,19-24,45-50H2,1-6H3,(H,63,67)(H,64,68). The van der Waals surface area contributed by atoms with Crippen molar-refractivity contribution >= 4 is 63.9 Å². The summed E-state index contributed by atoms with van der Waals surface area (Å²) in [5.74, 6) is 0. The highest BCUT2D eigenvalue weighted by molar-refractivity contribution is 6.61. The number of rotatable bonds is 35. The minimum Gasteiger partial charge on any atom is -0.450 e. The van der Waals surface area contributed by atoms with Gasteiger partial charge in [0, 0.05) is 98.9 Å². The first kappa shape index (κ1) is 60.9. The number of aryl methyl sites for hydroxylation is 2. The molecular weight excluding hydrogens is 1020 g/mol. The van der Waals surface area contributed by atoms with Gasteiger partial charge in [0.1, 0.15) is 0 Å². The molecule has 6 rings (SSSR count). The van der Waals surface area contributed by atoms with Crippen molar-refractivity contribution in [3.63, 3.8) is 0 Å². The van der Waals surface area contributed by atoms with Crippen LogP contribution < -0.4 is 20.4 Å². The maximum absolute atomic E-state index is 12.5. The zero-order valence-corrected chi connectivity index (χ0v) is 48.7. The normalized spacial score (nSPS) is 11.5. The molecule has 78 heavy (non-hydrogen) atoms. The third-order valence-corrected chi connectivity index (χ3v) is 19.0. The van der Waals surface area contributed by atoms with E-state index in [-0.39, 0.29) is 0 Å². The van der Waals surface area contributed by atoms with Crippen molar-refractivity contribution in [3.8, 4) is 11.1 Å².